The second-order valence-corrected chi connectivity index (χ2v) is 5.96. The van der Waals surface area contributed by atoms with Gasteiger partial charge in [0, 0.05) is 5.56 Å². The van der Waals surface area contributed by atoms with Gasteiger partial charge in [-0.1, -0.05) is 90.1 Å². The Hall–Kier alpha value is -3.40. The maximum atomic E-state index is 12.8. The third-order valence-corrected chi connectivity index (χ3v) is 4.16. The lowest BCUT2D eigenvalue weighted by Gasteiger charge is -2.15. The molecule has 0 aliphatic rings. The van der Waals surface area contributed by atoms with E-state index < -0.39 is 11.9 Å². The number of hydrogen-bond acceptors (Lipinski definition) is 3. The average molecular weight is 344 g/mol. The van der Waals surface area contributed by atoms with Crippen molar-refractivity contribution in [2.24, 2.45) is 10.9 Å². The van der Waals surface area contributed by atoms with Crippen LogP contribution in [0.5, 0.6) is 0 Å². The van der Waals surface area contributed by atoms with Crippen molar-refractivity contribution in [3.05, 3.63) is 107 Å². The molecule has 0 unspecified atom stereocenters. The Balaban J connectivity index is 1.87. The van der Waals surface area contributed by atoms with Gasteiger partial charge in [-0.3, -0.25) is 0 Å². The molecule has 3 rings (SSSR count). The molecule has 4 nitrogen and oxygen atoms in total. The monoisotopic (exact) mass is 344 g/mol. The topological polar surface area (TPSA) is 64.7 Å². The quantitative estimate of drug-likeness (QED) is 0.329. The van der Waals surface area contributed by atoms with Crippen molar-refractivity contribution in [1.29, 1.82) is 0 Å². The van der Waals surface area contributed by atoms with Crippen LogP contribution < -0.4 is 5.73 Å². The average Bonchev–Trinajstić information content (AvgIpc) is 2.68. The van der Waals surface area contributed by atoms with Gasteiger partial charge in [-0.15, -0.1) is 0 Å². The normalized spacial score (nSPS) is 11.4. The number of oxime groups is 1. The number of amidine groups is 1. The van der Waals surface area contributed by atoms with Crippen molar-refractivity contribution in [3.8, 4) is 0 Å². The van der Waals surface area contributed by atoms with Crippen LogP contribution >= 0.6 is 0 Å². The van der Waals surface area contributed by atoms with Crippen molar-refractivity contribution in [2.75, 3.05) is 0 Å². The van der Waals surface area contributed by atoms with E-state index in [0.717, 1.165) is 22.3 Å². The van der Waals surface area contributed by atoms with Gasteiger partial charge in [0.1, 0.15) is 5.92 Å². The van der Waals surface area contributed by atoms with Gasteiger partial charge in [0.15, 0.2) is 5.84 Å². The Morgan fingerprint density at radius 3 is 1.88 bits per heavy atom. The molecule has 0 aliphatic heterocycles. The lowest BCUT2D eigenvalue weighted by molar-refractivity contribution is -0.144. The molecular formula is C22H20N2O2. The third-order valence-electron chi connectivity index (χ3n) is 4.16. The number of aryl methyl sites for hydroxylation is 1. The van der Waals surface area contributed by atoms with E-state index in [4.69, 9.17) is 10.6 Å². The minimum absolute atomic E-state index is 0.177. The molecule has 0 aliphatic carbocycles. The zero-order chi connectivity index (χ0) is 18.4. The van der Waals surface area contributed by atoms with Gasteiger partial charge < -0.3 is 10.6 Å². The maximum absolute atomic E-state index is 12.8. The van der Waals surface area contributed by atoms with Gasteiger partial charge in [-0.2, -0.15) is 0 Å². The van der Waals surface area contributed by atoms with E-state index in [0.29, 0.717) is 0 Å². The minimum atomic E-state index is -0.564. The highest BCUT2D eigenvalue weighted by Crippen LogP contribution is 2.26. The van der Waals surface area contributed by atoms with Gasteiger partial charge >= 0.3 is 5.97 Å². The van der Waals surface area contributed by atoms with Gasteiger partial charge in [0.25, 0.3) is 0 Å². The molecule has 0 amide bonds. The molecule has 0 bridgehead atoms. The highest BCUT2D eigenvalue weighted by Gasteiger charge is 2.24. The summed E-state index contributed by atoms with van der Waals surface area (Å²) in [7, 11) is 0. The first kappa shape index (κ1) is 17.4. The summed E-state index contributed by atoms with van der Waals surface area (Å²) < 4.78 is 0. The fraction of sp³-hybridized carbons (Fsp3) is 0.0909. The third kappa shape index (κ3) is 3.98. The van der Waals surface area contributed by atoms with E-state index in [-0.39, 0.29) is 5.84 Å². The lowest BCUT2D eigenvalue weighted by Crippen LogP contribution is -2.19. The van der Waals surface area contributed by atoms with Crippen LogP contribution in [-0.2, 0) is 9.63 Å². The molecule has 0 aromatic heterocycles. The van der Waals surface area contributed by atoms with Gasteiger partial charge in [-0.05, 0) is 23.6 Å². The van der Waals surface area contributed by atoms with E-state index in [1.807, 2.05) is 91.9 Å². The highest BCUT2D eigenvalue weighted by molar-refractivity contribution is 5.98. The summed E-state index contributed by atoms with van der Waals surface area (Å²) in [5, 5.41) is 3.87. The number of rotatable bonds is 5. The second kappa shape index (κ2) is 8.12. The molecule has 0 spiro atoms. The summed E-state index contributed by atoms with van der Waals surface area (Å²) in [6.07, 6.45) is 0. The minimum Gasteiger partial charge on any atom is -0.380 e. The molecule has 4 heteroatoms. The van der Waals surface area contributed by atoms with Crippen LogP contribution in [0, 0.1) is 6.92 Å². The summed E-state index contributed by atoms with van der Waals surface area (Å²) in [4.78, 5) is 18.0. The smallest absolute Gasteiger partial charge is 0.346 e. The van der Waals surface area contributed by atoms with Crippen LogP contribution in [0.25, 0.3) is 0 Å². The molecule has 130 valence electrons. The lowest BCUT2D eigenvalue weighted by atomic mass is 9.91. The largest absolute Gasteiger partial charge is 0.380 e. The van der Waals surface area contributed by atoms with E-state index in [2.05, 4.69) is 5.16 Å². The molecule has 0 heterocycles. The standard InChI is InChI=1S/C22H20N2O2/c1-16-10-8-9-15-19(16)21(23)24-26-22(25)20(17-11-4-2-5-12-17)18-13-6-3-7-14-18/h2-15,20H,1H3,(H2,23,24). The van der Waals surface area contributed by atoms with Crippen LogP contribution in [0.2, 0.25) is 0 Å². The van der Waals surface area contributed by atoms with Crippen LogP contribution in [0.1, 0.15) is 28.2 Å². The summed E-state index contributed by atoms with van der Waals surface area (Å²) in [5.74, 6) is -0.860. The number of hydrogen-bond donors (Lipinski definition) is 1. The van der Waals surface area contributed by atoms with Crippen molar-refractivity contribution < 1.29 is 9.63 Å². The Bertz CT molecular complexity index is 866. The van der Waals surface area contributed by atoms with E-state index in [1.165, 1.54) is 0 Å². The molecule has 0 radical (unpaired) electrons. The molecule has 2 N–H and O–H groups in total. The van der Waals surface area contributed by atoms with Crippen molar-refractivity contribution >= 4 is 11.8 Å². The molecule has 0 fully saturated rings. The molecule has 0 saturated heterocycles. The van der Waals surface area contributed by atoms with Gasteiger partial charge in [-0.25, -0.2) is 4.79 Å². The second-order valence-electron chi connectivity index (χ2n) is 5.96. The number of carbonyl (C=O) groups is 1. The molecule has 0 atom stereocenters. The van der Waals surface area contributed by atoms with E-state index in [1.54, 1.807) is 0 Å². The van der Waals surface area contributed by atoms with Gasteiger partial charge in [0.2, 0.25) is 0 Å². The zero-order valence-electron chi connectivity index (χ0n) is 14.5. The van der Waals surface area contributed by atoms with Crippen molar-refractivity contribution in [3.63, 3.8) is 0 Å². The molecule has 3 aromatic carbocycles. The predicted molar refractivity (Wildman–Crippen MR) is 103 cm³/mol. The first-order valence-corrected chi connectivity index (χ1v) is 8.37. The number of nitrogens with zero attached hydrogens (tertiary/aromatic N) is 1. The summed E-state index contributed by atoms with van der Waals surface area (Å²) in [6.45, 7) is 1.93. The van der Waals surface area contributed by atoms with E-state index in [9.17, 15) is 4.79 Å². The van der Waals surface area contributed by atoms with Crippen LogP contribution in [0.4, 0.5) is 0 Å². The number of benzene rings is 3. The predicted octanol–water partition coefficient (Wildman–Crippen LogP) is 3.99. The summed E-state index contributed by atoms with van der Waals surface area (Å²) in [5.41, 5.74) is 9.39. The molecule has 0 saturated carbocycles. The van der Waals surface area contributed by atoms with Crippen LogP contribution in [0.3, 0.4) is 0 Å². The first-order chi connectivity index (χ1) is 12.7. The van der Waals surface area contributed by atoms with Crippen LogP contribution in [-0.4, -0.2) is 11.8 Å². The van der Waals surface area contributed by atoms with Crippen molar-refractivity contribution in [2.45, 2.75) is 12.8 Å². The first-order valence-electron chi connectivity index (χ1n) is 8.37. The van der Waals surface area contributed by atoms with Crippen molar-refractivity contribution in [1.82, 2.24) is 0 Å². The molecule has 3 aromatic rings. The maximum Gasteiger partial charge on any atom is 0.346 e. The highest BCUT2D eigenvalue weighted by atomic mass is 16.7. The fourth-order valence-electron chi connectivity index (χ4n) is 2.81. The Morgan fingerprint density at radius 2 is 1.35 bits per heavy atom. The Morgan fingerprint density at radius 1 is 0.846 bits per heavy atom. The zero-order valence-corrected chi connectivity index (χ0v) is 14.5. The van der Waals surface area contributed by atoms with E-state index >= 15 is 0 Å². The summed E-state index contributed by atoms with van der Waals surface area (Å²) in [6, 6.07) is 26.5. The SMILES string of the molecule is Cc1ccccc1/C(N)=N/OC(=O)C(c1ccccc1)c1ccccc1. The molecule has 26 heavy (non-hydrogen) atoms. The fourth-order valence-corrected chi connectivity index (χ4v) is 2.81. The Labute approximate surface area is 152 Å². The van der Waals surface area contributed by atoms with Gasteiger partial charge in [0.05, 0.1) is 0 Å². The Kier molecular flexibility index (Phi) is 5.44. The number of carbonyl (C=O) groups excluding carboxylic acids is 1. The van der Waals surface area contributed by atoms with Crippen LogP contribution in [0.15, 0.2) is 90.1 Å². The summed E-state index contributed by atoms with van der Waals surface area (Å²) >= 11 is 0. The molecular weight excluding hydrogens is 324 g/mol. The number of nitrogens with two attached hydrogens (primary N) is 1.